The van der Waals surface area contributed by atoms with E-state index in [9.17, 15) is 0 Å². The van der Waals surface area contributed by atoms with Crippen LogP contribution in [0.5, 0.6) is 0 Å². The summed E-state index contributed by atoms with van der Waals surface area (Å²) in [5.74, 6) is 0. The zero-order valence-electron chi connectivity index (χ0n) is 7.61. The van der Waals surface area contributed by atoms with Crippen molar-refractivity contribution in [3.05, 3.63) is 35.9 Å². The second-order valence-corrected chi connectivity index (χ2v) is 3.21. The third-order valence-corrected chi connectivity index (χ3v) is 2.14. The maximum atomic E-state index is 5.46. The maximum absolute atomic E-state index is 5.46. The van der Waals surface area contributed by atoms with Gasteiger partial charge in [-0.05, 0) is 12.0 Å². The van der Waals surface area contributed by atoms with Crippen molar-refractivity contribution in [3.8, 4) is 0 Å². The highest BCUT2D eigenvalue weighted by Gasteiger charge is 2.13. The number of rotatable bonds is 2. The van der Waals surface area contributed by atoms with Crippen LogP contribution in [0.25, 0.3) is 0 Å². The van der Waals surface area contributed by atoms with Gasteiger partial charge >= 0.3 is 0 Å². The van der Waals surface area contributed by atoms with E-state index in [2.05, 4.69) is 12.1 Å². The molecule has 2 nitrogen and oxygen atoms in total. The number of hydrogen-bond acceptors (Lipinski definition) is 2. The first-order valence-electron chi connectivity index (χ1n) is 4.72. The zero-order chi connectivity index (χ0) is 8.93. The first-order valence-corrected chi connectivity index (χ1v) is 4.72. The van der Waals surface area contributed by atoms with Gasteiger partial charge in [-0.3, -0.25) is 0 Å². The Hall–Kier alpha value is -0.860. The van der Waals surface area contributed by atoms with Crippen LogP contribution >= 0.6 is 0 Å². The van der Waals surface area contributed by atoms with Crippen LogP contribution < -0.4 is 0 Å². The lowest BCUT2D eigenvalue weighted by molar-refractivity contribution is -0.176. The second kappa shape index (κ2) is 4.40. The molecular weight excluding hydrogens is 164 g/mol. The Morgan fingerprint density at radius 3 is 2.46 bits per heavy atom. The monoisotopic (exact) mass is 178 g/mol. The second-order valence-electron chi connectivity index (χ2n) is 3.21. The van der Waals surface area contributed by atoms with Gasteiger partial charge in [0.1, 0.15) is 0 Å². The van der Waals surface area contributed by atoms with E-state index in [0.717, 1.165) is 26.1 Å². The van der Waals surface area contributed by atoms with Crippen LogP contribution in [0.3, 0.4) is 0 Å². The van der Waals surface area contributed by atoms with E-state index < -0.39 is 0 Å². The molecular formula is C11H14O2. The molecule has 2 rings (SSSR count). The van der Waals surface area contributed by atoms with Gasteiger partial charge in [0.25, 0.3) is 0 Å². The van der Waals surface area contributed by atoms with Crippen molar-refractivity contribution >= 4 is 0 Å². The lowest BCUT2D eigenvalue weighted by Gasteiger charge is -2.23. The SMILES string of the molecule is c1ccc(CC2OCCCO2)cc1. The lowest BCUT2D eigenvalue weighted by atomic mass is 10.1. The minimum atomic E-state index is -0.0313. The standard InChI is InChI=1S/C11H14O2/c1-2-5-10(6-3-1)9-11-12-7-4-8-13-11/h1-3,5-6,11H,4,7-9H2. The first kappa shape index (κ1) is 8.73. The molecule has 1 aromatic carbocycles. The molecule has 70 valence electrons. The van der Waals surface area contributed by atoms with Crippen LogP contribution in [0.1, 0.15) is 12.0 Å². The molecule has 2 heteroatoms. The predicted molar refractivity (Wildman–Crippen MR) is 50.5 cm³/mol. The third-order valence-electron chi connectivity index (χ3n) is 2.14. The summed E-state index contributed by atoms with van der Waals surface area (Å²) < 4.78 is 10.9. The first-order chi connectivity index (χ1) is 6.45. The zero-order valence-corrected chi connectivity index (χ0v) is 7.61. The van der Waals surface area contributed by atoms with Gasteiger partial charge in [0, 0.05) is 6.42 Å². The van der Waals surface area contributed by atoms with Gasteiger partial charge in [0.05, 0.1) is 13.2 Å². The van der Waals surface area contributed by atoms with Gasteiger partial charge in [-0.15, -0.1) is 0 Å². The molecule has 0 N–H and O–H groups in total. The molecule has 0 amide bonds. The van der Waals surface area contributed by atoms with Gasteiger partial charge in [-0.1, -0.05) is 30.3 Å². The Bertz CT molecular complexity index is 240. The van der Waals surface area contributed by atoms with Crippen molar-refractivity contribution in [2.75, 3.05) is 13.2 Å². The Labute approximate surface area is 78.5 Å². The van der Waals surface area contributed by atoms with Gasteiger partial charge in [-0.25, -0.2) is 0 Å². The minimum absolute atomic E-state index is 0.0313. The predicted octanol–water partition coefficient (Wildman–Crippen LogP) is 1.99. The summed E-state index contributed by atoms with van der Waals surface area (Å²) in [7, 11) is 0. The molecule has 1 saturated heterocycles. The highest BCUT2D eigenvalue weighted by molar-refractivity contribution is 5.15. The molecule has 1 heterocycles. The lowest BCUT2D eigenvalue weighted by Crippen LogP contribution is -2.26. The van der Waals surface area contributed by atoms with Crippen molar-refractivity contribution in [1.82, 2.24) is 0 Å². The van der Waals surface area contributed by atoms with Crippen molar-refractivity contribution in [2.24, 2.45) is 0 Å². The van der Waals surface area contributed by atoms with Crippen molar-refractivity contribution < 1.29 is 9.47 Å². The summed E-state index contributed by atoms with van der Waals surface area (Å²) in [5.41, 5.74) is 1.27. The number of ether oxygens (including phenoxy) is 2. The van der Waals surface area contributed by atoms with Crippen molar-refractivity contribution in [3.63, 3.8) is 0 Å². The normalized spacial score (nSPS) is 18.8. The largest absolute Gasteiger partial charge is 0.352 e. The molecule has 0 aliphatic carbocycles. The van der Waals surface area contributed by atoms with Gasteiger partial charge in [-0.2, -0.15) is 0 Å². The molecule has 0 saturated carbocycles. The van der Waals surface area contributed by atoms with Crippen LogP contribution in [0.15, 0.2) is 30.3 Å². The molecule has 1 aliphatic rings. The van der Waals surface area contributed by atoms with Crippen molar-refractivity contribution in [1.29, 1.82) is 0 Å². The van der Waals surface area contributed by atoms with E-state index in [1.54, 1.807) is 0 Å². The molecule has 13 heavy (non-hydrogen) atoms. The average molecular weight is 178 g/mol. The summed E-state index contributed by atoms with van der Waals surface area (Å²) >= 11 is 0. The minimum Gasteiger partial charge on any atom is -0.352 e. The molecule has 0 bridgehead atoms. The van der Waals surface area contributed by atoms with E-state index in [1.165, 1.54) is 5.56 Å². The summed E-state index contributed by atoms with van der Waals surface area (Å²) in [5, 5.41) is 0. The van der Waals surface area contributed by atoms with E-state index in [1.807, 2.05) is 18.2 Å². The topological polar surface area (TPSA) is 18.5 Å². The molecule has 1 aromatic rings. The molecule has 0 radical (unpaired) electrons. The van der Waals surface area contributed by atoms with Crippen molar-refractivity contribution in [2.45, 2.75) is 19.1 Å². The Morgan fingerprint density at radius 2 is 1.77 bits per heavy atom. The molecule has 0 spiro atoms. The smallest absolute Gasteiger partial charge is 0.161 e. The van der Waals surface area contributed by atoms with Crippen LogP contribution in [-0.2, 0) is 15.9 Å². The average Bonchev–Trinajstić information content (AvgIpc) is 2.21. The van der Waals surface area contributed by atoms with Crippen LogP contribution in [0.2, 0.25) is 0 Å². The highest BCUT2D eigenvalue weighted by Crippen LogP contribution is 2.11. The molecule has 0 unspecified atom stereocenters. The number of benzene rings is 1. The van der Waals surface area contributed by atoms with Crippen LogP contribution in [-0.4, -0.2) is 19.5 Å². The number of hydrogen-bond donors (Lipinski definition) is 0. The summed E-state index contributed by atoms with van der Waals surface area (Å²) in [6, 6.07) is 10.3. The quantitative estimate of drug-likeness (QED) is 0.689. The third kappa shape index (κ3) is 2.54. The van der Waals surface area contributed by atoms with E-state index in [0.29, 0.717) is 0 Å². The van der Waals surface area contributed by atoms with E-state index >= 15 is 0 Å². The Kier molecular flexibility index (Phi) is 2.95. The fourth-order valence-electron chi connectivity index (χ4n) is 1.46. The van der Waals surface area contributed by atoms with Crippen LogP contribution in [0, 0.1) is 0 Å². The fourth-order valence-corrected chi connectivity index (χ4v) is 1.46. The summed E-state index contributed by atoms with van der Waals surface area (Å²) in [4.78, 5) is 0. The summed E-state index contributed by atoms with van der Waals surface area (Å²) in [6.45, 7) is 1.66. The Balaban J connectivity index is 1.90. The van der Waals surface area contributed by atoms with Gasteiger partial charge in [0.15, 0.2) is 6.29 Å². The highest BCUT2D eigenvalue weighted by atomic mass is 16.7. The fraction of sp³-hybridized carbons (Fsp3) is 0.455. The van der Waals surface area contributed by atoms with Gasteiger partial charge < -0.3 is 9.47 Å². The molecule has 0 aromatic heterocycles. The Morgan fingerprint density at radius 1 is 1.08 bits per heavy atom. The van der Waals surface area contributed by atoms with Crippen LogP contribution in [0.4, 0.5) is 0 Å². The van der Waals surface area contributed by atoms with E-state index in [-0.39, 0.29) is 6.29 Å². The maximum Gasteiger partial charge on any atom is 0.161 e. The molecule has 1 aliphatic heterocycles. The molecule has 0 atom stereocenters. The van der Waals surface area contributed by atoms with E-state index in [4.69, 9.17) is 9.47 Å². The molecule has 1 fully saturated rings. The van der Waals surface area contributed by atoms with Gasteiger partial charge in [0.2, 0.25) is 0 Å². The summed E-state index contributed by atoms with van der Waals surface area (Å²) in [6.07, 6.45) is 1.85.